The molecule has 0 bridgehead atoms. The monoisotopic (exact) mass is 211 g/mol. The minimum absolute atomic E-state index is 1.08. The molecule has 0 saturated carbocycles. The molecule has 0 unspecified atom stereocenters. The van der Waals surface area contributed by atoms with Crippen molar-refractivity contribution in [2.75, 3.05) is 12.8 Å². The van der Waals surface area contributed by atoms with Crippen molar-refractivity contribution in [3.05, 3.63) is 30.3 Å². The van der Waals surface area contributed by atoms with E-state index in [1.165, 1.54) is 4.90 Å². The highest BCUT2D eigenvalue weighted by atomic mass is 32.2. The Balaban J connectivity index is 2.58. The Morgan fingerprint density at radius 3 is 2.54 bits per heavy atom. The van der Waals surface area contributed by atoms with Gasteiger partial charge in [0.05, 0.1) is 0 Å². The van der Waals surface area contributed by atoms with Gasteiger partial charge >= 0.3 is 0 Å². The fourth-order valence-electron chi connectivity index (χ4n) is 0.852. The van der Waals surface area contributed by atoms with E-state index in [2.05, 4.69) is 24.0 Å². The number of benzene rings is 1. The first kappa shape index (κ1) is 10.7. The zero-order chi connectivity index (χ0) is 9.52. The number of rotatable bonds is 2. The second-order valence-corrected chi connectivity index (χ2v) is 4.91. The third kappa shape index (κ3) is 3.87. The van der Waals surface area contributed by atoms with Crippen molar-refractivity contribution in [3.63, 3.8) is 0 Å². The molecule has 0 aliphatic heterocycles. The average Bonchev–Trinajstić information content (AvgIpc) is 2.19. The van der Waals surface area contributed by atoms with E-state index < -0.39 is 0 Å². The maximum atomic E-state index is 4.22. The van der Waals surface area contributed by atoms with Crippen LogP contribution in [-0.2, 0) is 0 Å². The molecule has 0 fully saturated rings. The highest BCUT2D eigenvalue weighted by Gasteiger charge is 1.99. The van der Waals surface area contributed by atoms with Crippen molar-refractivity contribution < 1.29 is 0 Å². The first-order valence-electron chi connectivity index (χ1n) is 4.19. The summed E-state index contributed by atoms with van der Waals surface area (Å²) in [4.78, 5) is 5.47. The topological polar surface area (TPSA) is 12.4 Å². The molecule has 70 valence electrons. The van der Waals surface area contributed by atoms with E-state index in [4.69, 9.17) is 0 Å². The van der Waals surface area contributed by atoms with Crippen LogP contribution >= 0.6 is 23.5 Å². The molecule has 0 aliphatic rings. The van der Waals surface area contributed by atoms with Crippen LogP contribution in [0.1, 0.15) is 6.92 Å². The van der Waals surface area contributed by atoms with Crippen LogP contribution in [0.4, 0.5) is 0 Å². The van der Waals surface area contributed by atoms with Crippen molar-refractivity contribution in [1.29, 1.82) is 0 Å². The molecule has 0 amide bonds. The van der Waals surface area contributed by atoms with E-state index in [0.29, 0.717) is 0 Å². The van der Waals surface area contributed by atoms with Crippen molar-refractivity contribution >= 4 is 27.9 Å². The summed E-state index contributed by atoms with van der Waals surface area (Å²) in [5, 5.41) is 0. The third-order valence-electron chi connectivity index (χ3n) is 1.40. The van der Waals surface area contributed by atoms with E-state index in [0.717, 1.165) is 10.1 Å². The van der Waals surface area contributed by atoms with Gasteiger partial charge in [0.1, 0.15) is 4.38 Å². The van der Waals surface area contributed by atoms with Gasteiger partial charge in [0.2, 0.25) is 0 Å². The Morgan fingerprint density at radius 2 is 2.00 bits per heavy atom. The average molecular weight is 211 g/mol. The van der Waals surface area contributed by atoms with Crippen LogP contribution in [0.5, 0.6) is 0 Å². The van der Waals surface area contributed by atoms with E-state index in [1.54, 1.807) is 23.5 Å². The highest BCUT2D eigenvalue weighted by Crippen LogP contribution is 2.25. The number of hydrogen-bond donors (Lipinski definition) is 0. The van der Waals surface area contributed by atoms with E-state index in [1.807, 2.05) is 25.2 Å². The molecular weight excluding hydrogens is 198 g/mol. The van der Waals surface area contributed by atoms with Crippen LogP contribution in [0.15, 0.2) is 40.2 Å². The lowest BCUT2D eigenvalue weighted by Gasteiger charge is -2.02. The highest BCUT2D eigenvalue weighted by molar-refractivity contribution is 8.38. The zero-order valence-electron chi connectivity index (χ0n) is 7.86. The predicted molar refractivity (Wildman–Crippen MR) is 63.8 cm³/mol. The molecule has 1 aromatic rings. The Hall–Kier alpha value is -0.410. The van der Waals surface area contributed by atoms with Crippen LogP contribution in [0, 0.1) is 0 Å². The molecule has 0 spiro atoms. The maximum Gasteiger partial charge on any atom is 0.129 e. The standard InChI is InChI=1S/C10H13NS2/c1-3-12-10(11-2)13-9-7-5-4-6-8-9/h4-8H,3H2,1-2H3. The molecule has 0 heterocycles. The van der Waals surface area contributed by atoms with Gasteiger partial charge in [-0.1, -0.05) is 48.6 Å². The molecule has 0 aliphatic carbocycles. The van der Waals surface area contributed by atoms with Crippen molar-refractivity contribution in [3.8, 4) is 0 Å². The summed E-state index contributed by atoms with van der Waals surface area (Å²) in [6.45, 7) is 2.14. The summed E-state index contributed by atoms with van der Waals surface area (Å²) in [6, 6.07) is 10.3. The Morgan fingerprint density at radius 1 is 1.31 bits per heavy atom. The van der Waals surface area contributed by atoms with E-state index >= 15 is 0 Å². The molecule has 1 nitrogen and oxygen atoms in total. The molecule has 0 saturated heterocycles. The molecule has 1 aromatic carbocycles. The molecule has 0 aromatic heterocycles. The predicted octanol–water partition coefficient (Wildman–Crippen LogP) is 3.52. The van der Waals surface area contributed by atoms with Gasteiger partial charge in [0.15, 0.2) is 0 Å². The molecular formula is C10H13NS2. The second-order valence-electron chi connectivity index (χ2n) is 2.34. The SMILES string of the molecule is CCSC(=NC)Sc1ccccc1. The number of nitrogens with zero attached hydrogens (tertiary/aromatic N) is 1. The van der Waals surface area contributed by atoms with Gasteiger partial charge in [-0.2, -0.15) is 0 Å². The number of hydrogen-bond acceptors (Lipinski definition) is 3. The number of aliphatic imine (C=N–C) groups is 1. The molecule has 0 N–H and O–H groups in total. The second kappa shape index (κ2) is 6.11. The van der Waals surface area contributed by atoms with E-state index in [9.17, 15) is 0 Å². The molecule has 0 radical (unpaired) electrons. The fourth-order valence-corrected chi connectivity index (χ4v) is 2.69. The van der Waals surface area contributed by atoms with Gasteiger partial charge < -0.3 is 0 Å². The van der Waals surface area contributed by atoms with Gasteiger partial charge in [-0.3, -0.25) is 4.99 Å². The fraction of sp³-hybridized carbons (Fsp3) is 0.300. The van der Waals surface area contributed by atoms with Crippen LogP contribution in [0.3, 0.4) is 0 Å². The summed E-state index contributed by atoms with van der Waals surface area (Å²) in [5.41, 5.74) is 0. The minimum atomic E-state index is 1.08. The lowest BCUT2D eigenvalue weighted by molar-refractivity contribution is 1.46. The zero-order valence-corrected chi connectivity index (χ0v) is 9.49. The van der Waals surface area contributed by atoms with Crippen LogP contribution in [0.2, 0.25) is 0 Å². The van der Waals surface area contributed by atoms with Crippen molar-refractivity contribution in [1.82, 2.24) is 0 Å². The molecule has 3 heteroatoms. The van der Waals surface area contributed by atoms with Gasteiger partial charge in [0.25, 0.3) is 0 Å². The number of thioether (sulfide) groups is 2. The summed E-state index contributed by atoms with van der Waals surface area (Å²) in [7, 11) is 1.84. The Bertz CT molecular complexity index is 270. The van der Waals surface area contributed by atoms with Crippen molar-refractivity contribution in [2.24, 2.45) is 4.99 Å². The minimum Gasteiger partial charge on any atom is -0.275 e. The first-order chi connectivity index (χ1) is 6.36. The van der Waals surface area contributed by atoms with Crippen LogP contribution < -0.4 is 0 Å². The Labute approximate surface area is 88.0 Å². The maximum absolute atomic E-state index is 4.22. The lowest BCUT2D eigenvalue weighted by atomic mass is 10.4. The smallest absolute Gasteiger partial charge is 0.129 e. The summed E-state index contributed by atoms with van der Waals surface area (Å²) in [5.74, 6) is 1.08. The van der Waals surface area contributed by atoms with Gasteiger partial charge in [-0.15, -0.1) is 0 Å². The largest absolute Gasteiger partial charge is 0.275 e. The van der Waals surface area contributed by atoms with Gasteiger partial charge in [-0.05, 0) is 17.9 Å². The normalized spacial score (nSPS) is 11.7. The van der Waals surface area contributed by atoms with Gasteiger partial charge in [0, 0.05) is 11.9 Å². The molecule has 1 rings (SSSR count). The van der Waals surface area contributed by atoms with Crippen LogP contribution in [0.25, 0.3) is 0 Å². The third-order valence-corrected chi connectivity index (χ3v) is 3.59. The Kier molecular flexibility index (Phi) is 5.01. The lowest BCUT2D eigenvalue weighted by Crippen LogP contribution is -1.85. The summed E-state index contributed by atoms with van der Waals surface area (Å²) in [6.07, 6.45) is 0. The molecule has 13 heavy (non-hydrogen) atoms. The van der Waals surface area contributed by atoms with E-state index in [-0.39, 0.29) is 0 Å². The molecule has 0 atom stereocenters. The van der Waals surface area contributed by atoms with Crippen LogP contribution in [-0.4, -0.2) is 17.2 Å². The van der Waals surface area contributed by atoms with Crippen molar-refractivity contribution in [2.45, 2.75) is 11.8 Å². The summed E-state index contributed by atoms with van der Waals surface area (Å²) < 4.78 is 1.13. The quantitative estimate of drug-likeness (QED) is 0.421. The first-order valence-corrected chi connectivity index (χ1v) is 5.99. The summed E-state index contributed by atoms with van der Waals surface area (Å²) >= 11 is 3.51. The van der Waals surface area contributed by atoms with Gasteiger partial charge in [-0.25, -0.2) is 0 Å².